The zero-order valence-electron chi connectivity index (χ0n) is 9.82. The van der Waals surface area contributed by atoms with Gasteiger partial charge in [0.05, 0.1) is 6.42 Å². The Kier molecular flexibility index (Phi) is 5.68. The highest BCUT2D eigenvalue weighted by molar-refractivity contribution is 6.35. The Labute approximate surface area is 120 Å². The molecule has 0 saturated heterocycles. The number of amides is 1. The van der Waals surface area contributed by atoms with Crippen molar-refractivity contribution < 1.29 is 14.7 Å². The lowest BCUT2D eigenvalue weighted by molar-refractivity contribution is -0.141. The molecule has 4 nitrogen and oxygen atoms in total. The monoisotopic (exact) mass is 299 g/mol. The van der Waals surface area contributed by atoms with E-state index in [9.17, 15) is 9.59 Å². The molecule has 0 radical (unpaired) electrons. The first-order valence-corrected chi connectivity index (χ1v) is 6.09. The molecule has 0 bridgehead atoms. The summed E-state index contributed by atoms with van der Waals surface area (Å²) in [6.45, 7) is 0. The van der Waals surface area contributed by atoms with Gasteiger partial charge >= 0.3 is 5.97 Å². The third-order valence-electron chi connectivity index (χ3n) is 2.32. The summed E-state index contributed by atoms with van der Waals surface area (Å²) in [4.78, 5) is 22.5. The molecule has 0 aliphatic carbocycles. The molecule has 0 aliphatic heterocycles. The maximum absolute atomic E-state index is 11.7. The van der Waals surface area contributed by atoms with E-state index in [2.05, 4.69) is 11.2 Å². The molecule has 1 rings (SSSR count). The maximum Gasteiger partial charge on any atom is 0.327 e. The minimum Gasteiger partial charge on any atom is -0.480 e. The van der Waals surface area contributed by atoms with Gasteiger partial charge in [-0.15, -0.1) is 12.3 Å². The predicted octanol–water partition coefficient (Wildman–Crippen LogP) is 2.13. The number of benzene rings is 1. The van der Waals surface area contributed by atoms with E-state index in [-0.39, 0.29) is 12.8 Å². The molecular formula is C13H11Cl2NO3. The van der Waals surface area contributed by atoms with E-state index in [4.69, 9.17) is 34.7 Å². The van der Waals surface area contributed by atoms with Crippen molar-refractivity contribution in [2.24, 2.45) is 0 Å². The Bertz CT molecular complexity index is 537. The number of terminal acetylenes is 1. The van der Waals surface area contributed by atoms with Gasteiger partial charge in [-0.05, 0) is 17.7 Å². The fourth-order valence-corrected chi connectivity index (χ4v) is 1.88. The first-order valence-electron chi connectivity index (χ1n) is 5.33. The van der Waals surface area contributed by atoms with Crippen LogP contribution in [-0.4, -0.2) is 23.0 Å². The molecule has 1 unspecified atom stereocenters. The smallest absolute Gasteiger partial charge is 0.327 e. The zero-order valence-corrected chi connectivity index (χ0v) is 11.3. The second kappa shape index (κ2) is 7.03. The zero-order chi connectivity index (χ0) is 14.4. The molecule has 2 N–H and O–H groups in total. The molecule has 1 atom stereocenters. The van der Waals surface area contributed by atoms with Crippen LogP contribution < -0.4 is 5.32 Å². The summed E-state index contributed by atoms with van der Waals surface area (Å²) < 4.78 is 0. The molecule has 0 heterocycles. The molecule has 100 valence electrons. The number of hydrogen-bond acceptors (Lipinski definition) is 2. The number of aliphatic carboxylic acids is 1. The van der Waals surface area contributed by atoms with Gasteiger partial charge in [-0.3, -0.25) is 4.79 Å². The molecule has 0 fully saturated rings. The van der Waals surface area contributed by atoms with E-state index in [1.807, 2.05) is 0 Å². The largest absolute Gasteiger partial charge is 0.480 e. The third kappa shape index (κ3) is 4.82. The first kappa shape index (κ1) is 15.4. The number of carbonyl (C=O) groups excluding carboxylic acids is 1. The quantitative estimate of drug-likeness (QED) is 0.819. The van der Waals surface area contributed by atoms with E-state index in [1.54, 1.807) is 12.1 Å². The number of nitrogens with one attached hydrogen (secondary N) is 1. The minimum atomic E-state index is -1.17. The Balaban J connectivity index is 2.69. The lowest BCUT2D eigenvalue weighted by Crippen LogP contribution is -2.41. The van der Waals surface area contributed by atoms with Gasteiger partial charge in [0.15, 0.2) is 0 Å². The summed E-state index contributed by atoms with van der Waals surface area (Å²) in [5.74, 6) is 0.560. The fraction of sp³-hybridized carbons (Fsp3) is 0.231. The van der Waals surface area contributed by atoms with Crippen LogP contribution >= 0.6 is 23.2 Å². The van der Waals surface area contributed by atoms with Crippen LogP contribution in [0.25, 0.3) is 0 Å². The van der Waals surface area contributed by atoms with Crippen LogP contribution in [0.2, 0.25) is 10.0 Å². The van der Waals surface area contributed by atoms with Crippen molar-refractivity contribution in [3.8, 4) is 12.3 Å². The maximum atomic E-state index is 11.7. The Hall–Kier alpha value is -1.70. The Morgan fingerprint density at radius 2 is 2.11 bits per heavy atom. The van der Waals surface area contributed by atoms with Gasteiger partial charge in [-0.1, -0.05) is 29.3 Å². The van der Waals surface area contributed by atoms with Gasteiger partial charge in [0.2, 0.25) is 5.91 Å². The van der Waals surface area contributed by atoms with Gasteiger partial charge in [0, 0.05) is 16.5 Å². The highest BCUT2D eigenvalue weighted by atomic mass is 35.5. The lowest BCUT2D eigenvalue weighted by atomic mass is 10.1. The van der Waals surface area contributed by atoms with Gasteiger partial charge in [0.25, 0.3) is 0 Å². The summed E-state index contributed by atoms with van der Waals surface area (Å²) >= 11 is 11.7. The number of halogens is 2. The van der Waals surface area contributed by atoms with Crippen LogP contribution in [0.1, 0.15) is 12.0 Å². The van der Waals surface area contributed by atoms with Gasteiger partial charge in [-0.2, -0.15) is 0 Å². The van der Waals surface area contributed by atoms with Gasteiger partial charge < -0.3 is 10.4 Å². The topological polar surface area (TPSA) is 66.4 Å². The van der Waals surface area contributed by atoms with Crippen LogP contribution in [0.15, 0.2) is 18.2 Å². The van der Waals surface area contributed by atoms with Crippen molar-refractivity contribution in [2.75, 3.05) is 0 Å². The van der Waals surface area contributed by atoms with Crippen LogP contribution in [0.3, 0.4) is 0 Å². The van der Waals surface area contributed by atoms with Gasteiger partial charge in [-0.25, -0.2) is 4.79 Å². The SMILES string of the molecule is C#CCC(NC(=O)Cc1ccc(Cl)cc1Cl)C(=O)O. The van der Waals surface area contributed by atoms with E-state index in [0.29, 0.717) is 15.6 Å². The van der Waals surface area contributed by atoms with Crippen LogP contribution in [0, 0.1) is 12.3 Å². The summed E-state index contributed by atoms with van der Waals surface area (Å²) in [5.41, 5.74) is 0.563. The number of carbonyl (C=O) groups is 2. The second-order valence-corrected chi connectivity index (χ2v) is 4.62. The first-order chi connectivity index (χ1) is 8.93. The molecule has 6 heteroatoms. The molecule has 19 heavy (non-hydrogen) atoms. The number of rotatable bonds is 5. The second-order valence-electron chi connectivity index (χ2n) is 3.78. The molecular weight excluding hydrogens is 289 g/mol. The molecule has 1 amide bonds. The van der Waals surface area contributed by atoms with E-state index in [1.165, 1.54) is 6.07 Å². The van der Waals surface area contributed by atoms with Crippen LogP contribution in [-0.2, 0) is 16.0 Å². The minimum absolute atomic E-state index is 0.0373. The number of carboxylic acid groups (broad SMARTS) is 1. The molecule has 1 aromatic carbocycles. The van der Waals surface area contributed by atoms with Crippen molar-refractivity contribution in [1.29, 1.82) is 0 Å². The Morgan fingerprint density at radius 1 is 1.42 bits per heavy atom. The molecule has 0 saturated carbocycles. The van der Waals surface area contributed by atoms with Crippen molar-refractivity contribution in [3.63, 3.8) is 0 Å². The summed E-state index contributed by atoms with van der Waals surface area (Å²) in [5, 5.41) is 12.0. The lowest BCUT2D eigenvalue weighted by Gasteiger charge is -2.12. The molecule has 1 aromatic rings. The summed E-state index contributed by atoms with van der Waals surface area (Å²) in [6.07, 6.45) is 4.92. The normalized spacial score (nSPS) is 11.4. The Morgan fingerprint density at radius 3 is 2.63 bits per heavy atom. The van der Waals surface area contributed by atoms with Crippen molar-refractivity contribution in [1.82, 2.24) is 5.32 Å². The van der Waals surface area contributed by atoms with Crippen LogP contribution in [0.4, 0.5) is 0 Å². The predicted molar refractivity (Wildman–Crippen MR) is 73.2 cm³/mol. The highest BCUT2D eigenvalue weighted by Crippen LogP contribution is 2.21. The average Bonchev–Trinajstić information content (AvgIpc) is 2.32. The standard InChI is InChI=1S/C13H11Cl2NO3/c1-2-3-11(13(18)19)16-12(17)6-8-4-5-9(14)7-10(8)15/h1,4-5,7,11H,3,6H2,(H,16,17)(H,18,19). The highest BCUT2D eigenvalue weighted by Gasteiger charge is 2.19. The van der Waals surface area contributed by atoms with Crippen molar-refractivity contribution >= 4 is 35.1 Å². The molecule has 0 aromatic heterocycles. The van der Waals surface area contributed by atoms with E-state index in [0.717, 1.165) is 0 Å². The summed E-state index contributed by atoms with van der Waals surface area (Å²) in [7, 11) is 0. The van der Waals surface area contributed by atoms with Crippen molar-refractivity contribution in [3.05, 3.63) is 33.8 Å². The van der Waals surface area contributed by atoms with Crippen molar-refractivity contribution in [2.45, 2.75) is 18.9 Å². The average molecular weight is 300 g/mol. The molecule has 0 spiro atoms. The van der Waals surface area contributed by atoms with Gasteiger partial charge in [0.1, 0.15) is 6.04 Å². The number of hydrogen-bond donors (Lipinski definition) is 2. The third-order valence-corrected chi connectivity index (χ3v) is 2.91. The molecule has 0 aliphatic rings. The van der Waals surface area contributed by atoms with E-state index >= 15 is 0 Å². The van der Waals surface area contributed by atoms with Crippen LogP contribution in [0.5, 0.6) is 0 Å². The number of carboxylic acids is 1. The fourth-order valence-electron chi connectivity index (χ4n) is 1.40. The van der Waals surface area contributed by atoms with E-state index < -0.39 is 17.9 Å². The summed E-state index contributed by atoms with van der Waals surface area (Å²) in [6, 6.07) is 3.64.